The molecule has 0 radical (unpaired) electrons. The average molecular weight is 159 g/mol. The van der Waals surface area contributed by atoms with Crippen LogP contribution in [0.2, 0.25) is 0 Å². The number of nitrogens with zero attached hydrogens (tertiary/aromatic N) is 1. The van der Waals surface area contributed by atoms with Crippen LogP contribution in [0.4, 0.5) is 0 Å². The summed E-state index contributed by atoms with van der Waals surface area (Å²) in [5, 5.41) is 0. The van der Waals surface area contributed by atoms with Crippen molar-refractivity contribution in [2.45, 2.75) is 26.3 Å². The van der Waals surface area contributed by atoms with Crippen molar-refractivity contribution in [3.05, 3.63) is 0 Å². The molecule has 0 fully saturated rings. The largest absolute Gasteiger partial charge is 0.329 e. The zero-order chi connectivity index (χ0) is 8.69. The minimum atomic E-state index is 0.176. The number of nitrogens with two attached hydrogens (primary N) is 2. The Bertz CT molecular complexity index is 81.4. The lowest BCUT2D eigenvalue weighted by Crippen LogP contribution is -2.35. The van der Waals surface area contributed by atoms with Crippen LogP contribution in [0.3, 0.4) is 0 Å². The van der Waals surface area contributed by atoms with Gasteiger partial charge in [0, 0.05) is 12.6 Å². The van der Waals surface area contributed by atoms with E-state index in [-0.39, 0.29) is 6.04 Å². The molecule has 0 aromatic carbocycles. The molecule has 11 heavy (non-hydrogen) atoms. The summed E-state index contributed by atoms with van der Waals surface area (Å²) < 4.78 is 0. The predicted molar refractivity (Wildman–Crippen MR) is 49.4 cm³/mol. The maximum atomic E-state index is 5.68. The molecule has 0 aliphatic carbocycles. The van der Waals surface area contributed by atoms with Crippen molar-refractivity contribution in [1.29, 1.82) is 0 Å². The molecule has 0 aliphatic rings. The van der Waals surface area contributed by atoms with Crippen LogP contribution < -0.4 is 11.5 Å². The Morgan fingerprint density at radius 1 is 1.27 bits per heavy atom. The molecule has 4 N–H and O–H groups in total. The topological polar surface area (TPSA) is 55.3 Å². The average Bonchev–Trinajstić information content (AvgIpc) is 2.06. The fourth-order valence-electron chi connectivity index (χ4n) is 1.01. The van der Waals surface area contributed by atoms with E-state index in [1.165, 1.54) is 0 Å². The molecule has 0 aromatic rings. The van der Waals surface area contributed by atoms with E-state index in [4.69, 9.17) is 11.5 Å². The van der Waals surface area contributed by atoms with Crippen molar-refractivity contribution in [2.24, 2.45) is 11.5 Å². The number of hydrogen-bond donors (Lipinski definition) is 2. The van der Waals surface area contributed by atoms with E-state index in [1.54, 1.807) is 0 Å². The minimum Gasteiger partial charge on any atom is -0.329 e. The fraction of sp³-hybridized carbons (Fsp3) is 1.00. The first-order valence-corrected chi connectivity index (χ1v) is 4.42. The van der Waals surface area contributed by atoms with Crippen LogP contribution in [-0.4, -0.2) is 37.1 Å². The molecule has 0 rings (SSSR count). The van der Waals surface area contributed by atoms with Gasteiger partial charge in [-0.2, -0.15) is 0 Å². The highest BCUT2D eigenvalue weighted by molar-refractivity contribution is 4.64. The van der Waals surface area contributed by atoms with Gasteiger partial charge < -0.3 is 16.4 Å². The standard InChI is InChI=1S/C8H21N3/c1-3-11(4-2)6-5-8(10)7-9/h8H,3-7,9-10H2,1-2H3. The van der Waals surface area contributed by atoms with Gasteiger partial charge in [-0.3, -0.25) is 0 Å². The van der Waals surface area contributed by atoms with Gasteiger partial charge in [-0.1, -0.05) is 13.8 Å². The number of rotatable bonds is 6. The highest BCUT2D eigenvalue weighted by atomic mass is 15.1. The Morgan fingerprint density at radius 3 is 2.18 bits per heavy atom. The van der Waals surface area contributed by atoms with Gasteiger partial charge in [-0.05, 0) is 26.1 Å². The summed E-state index contributed by atoms with van der Waals surface area (Å²) in [6.07, 6.45) is 1.01. The SMILES string of the molecule is CCN(CC)CCC(N)CN. The monoisotopic (exact) mass is 159 g/mol. The van der Waals surface area contributed by atoms with Gasteiger partial charge in [-0.25, -0.2) is 0 Å². The molecule has 1 atom stereocenters. The lowest BCUT2D eigenvalue weighted by molar-refractivity contribution is 0.291. The summed E-state index contributed by atoms with van der Waals surface area (Å²) in [7, 11) is 0. The van der Waals surface area contributed by atoms with Crippen LogP contribution in [0.15, 0.2) is 0 Å². The van der Waals surface area contributed by atoms with Crippen molar-refractivity contribution in [1.82, 2.24) is 4.90 Å². The van der Waals surface area contributed by atoms with E-state index < -0.39 is 0 Å². The number of hydrogen-bond acceptors (Lipinski definition) is 3. The highest BCUT2D eigenvalue weighted by Gasteiger charge is 2.02. The second-order valence-corrected chi connectivity index (χ2v) is 2.81. The second kappa shape index (κ2) is 6.58. The third kappa shape index (κ3) is 5.18. The molecule has 3 nitrogen and oxygen atoms in total. The summed E-state index contributed by atoms with van der Waals surface area (Å²) in [5.41, 5.74) is 11.1. The molecule has 0 amide bonds. The van der Waals surface area contributed by atoms with Crippen LogP contribution in [0.1, 0.15) is 20.3 Å². The predicted octanol–water partition coefficient (Wildman–Crippen LogP) is 0.00430. The van der Waals surface area contributed by atoms with E-state index in [1.807, 2.05) is 0 Å². The molecule has 0 saturated carbocycles. The van der Waals surface area contributed by atoms with Crippen LogP contribution in [0.5, 0.6) is 0 Å². The van der Waals surface area contributed by atoms with Gasteiger partial charge in [0.15, 0.2) is 0 Å². The van der Waals surface area contributed by atoms with E-state index >= 15 is 0 Å². The Morgan fingerprint density at radius 2 is 1.82 bits per heavy atom. The van der Waals surface area contributed by atoms with Gasteiger partial charge in [0.2, 0.25) is 0 Å². The zero-order valence-electron chi connectivity index (χ0n) is 7.71. The normalized spacial score (nSPS) is 13.9. The second-order valence-electron chi connectivity index (χ2n) is 2.81. The third-order valence-electron chi connectivity index (χ3n) is 2.01. The van der Waals surface area contributed by atoms with Crippen LogP contribution in [0.25, 0.3) is 0 Å². The first kappa shape index (κ1) is 10.9. The van der Waals surface area contributed by atoms with Crippen molar-refractivity contribution in [3.8, 4) is 0 Å². The molecular weight excluding hydrogens is 138 g/mol. The molecule has 3 heteroatoms. The van der Waals surface area contributed by atoms with Crippen molar-refractivity contribution in [3.63, 3.8) is 0 Å². The summed E-state index contributed by atoms with van der Waals surface area (Å²) in [6.45, 7) is 8.21. The zero-order valence-corrected chi connectivity index (χ0v) is 7.71. The molecule has 68 valence electrons. The molecule has 0 saturated heterocycles. The molecular formula is C8H21N3. The van der Waals surface area contributed by atoms with Gasteiger partial charge >= 0.3 is 0 Å². The molecule has 0 aliphatic heterocycles. The maximum Gasteiger partial charge on any atom is 0.0175 e. The van der Waals surface area contributed by atoms with E-state index in [0.29, 0.717) is 6.54 Å². The van der Waals surface area contributed by atoms with Gasteiger partial charge in [-0.15, -0.1) is 0 Å². The lowest BCUT2D eigenvalue weighted by Gasteiger charge is -2.19. The maximum absolute atomic E-state index is 5.68. The molecule has 0 aromatic heterocycles. The highest BCUT2D eigenvalue weighted by Crippen LogP contribution is 1.92. The van der Waals surface area contributed by atoms with Crippen LogP contribution in [-0.2, 0) is 0 Å². The van der Waals surface area contributed by atoms with Crippen LogP contribution in [0, 0.1) is 0 Å². The summed E-state index contributed by atoms with van der Waals surface area (Å²) in [4.78, 5) is 2.36. The summed E-state index contributed by atoms with van der Waals surface area (Å²) in [5.74, 6) is 0. The van der Waals surface area contributed by atoms with Crippen molar-refractivity contribution < 1.29 is 0 Å². The first-order valence-electron chi connectivity index (χ1n) is 4.42. The minimum absolute atomic E-state index is 0.176. The van der Waals surface area contributed by atoms with Crippen LogP contribution >= 0.6 is 0 Å². The third-order valence-corrected chi connectivity index (χ3v) is 2.01. The van der Waals surface area contributed by atoms with Gasteiger partial charge in [0.1, 0.15) is 0 Å². The van der Waals surface area contributed by atoms with E-state index in [0.717, 1.165) is 26.1 Å². The Labute approximate surface area is 69.7 Å². The van der Waals surface area contributed by atoms with E-state index in [2.05, 4.69) is 18.7 Å². The first-order chi connectivity index (χ1) is 5.24. The van der Waals surface area contributed by atoms with Gasteiger partial charge in [0.05, 0.1) is 0 Å². The van der Waals surface area contributed by atoms with Crippen molar-refractivity contribution in [2.75, 3.05) is 26.2 Å². The quantitative estimate of drug-likeness (QED) is 0.574. The molecule has 0 heterocycles. The summed E-state index contributed by atoms with van der Waals surface area (Å²) >= 11 is 0. The van der Waals surface area contributed by atoms with E-state index in [9.17, 15) is 0 Å². The molecule has 0 spiro atoms. The molecule has 0 bridgehead atoms. The lowest BCUT2D eigenvalue weighted by atomic mass is 10.2. The smallest absolute Gasteiger partial charge is 0.0175 e. The molecule has 1 unspecified atom stereocenters. The summed E-state index contributed by atoms with van der Waals surface area (Å²) in [6, 6.07) is 0.176. The fourth-order valence-corrected chi connectivity index (χ4v) is 1.01. The van der Waals surface area contributed by atoms with Crippen molar-refractivity contribution >= 4 is 0 Å². The Kier molecular flexibility index (Phi) is 6.51. The Balaban J connectivity index is 3.34. The van der Waals surface area contributed by atoms with Gasteiger partial charge in [0.25, 0.3) is 0 Å². The Hall–Kier alpha value is -0.120.